The number of rotatable bonds is 2. The highest BCUT2D eigenvalue weighted by molar-refractivity contribution is 5.86. The van der Waals surface area contributed by atoms with Crippen LogP contribution >= 0.6 is 0 Å². The molecule has 2 aromatic carbocycles. The number of hydrogen-bond acceptors (Lipinski definition) is 2. The second-order valence-electron chi connectivity index (χ2n) is 5.27. The normalized spacial score (nSPS) is 24.8. The minimum absolute atomic E-state index is 0.0869. The number of hydrogen-bond donors (Lipinski definition) is 1. The molecule has 2 nitrogen and oxygen atoms in total. The summed E-state index contributed by atoms with van der Waals surface area (Å²) in [6.45, 7) is 2.57. The summed E-state index contributed by atoms with van der Waals surface area (Å²) in [5, 5.41) is 11.9. The van der Waals surface area contributed by atoms with Crippen LogP contribution in [0, 0.1) is 11.7 Å². The summed E-state index contributed by atoms with van der Waals surface area (Å²) in [4.78, 5) is 0. The Morgan fingerprint density at radius 3 is 2.63 bits per heavy atom. The third kappa shape index (κ3) is 2.24. The van der Waals surface area contributed by atoms with Crippen molar-refractivity contribution < 1.29 is 14.2 Å². The van der Waals surface area contributed by atoms with E-state index < -0.39 is 6.10 Å². The number of halogens is 1. The molecule has 1 fully saturated rings. The van der Waals surface area contributed by atoms with Crippen molar-refractivity contribution in [2.75, 3.05) is 6.61 Å². The van der Waals surface area contributed by atoms with Gasteiger partial charge in [-0.05, 0) is 30.4 Å². The van der Waals surface area contributed by atoms with Crippen molar-refractivity contribution in [1.82, 2.24) is 0 Å². The lowest BCUT2D eigenvalue weighted by atomic mass is 9.90. The van der Waals surface area contributed by atoms with Gasteiger partial charge in [-0.2, -0.15) is 0 Å². The predicted octanol–water partition coefficient (Wildman–Crippen LogP) is 3.44. The summed E-state index contributed by atoms with van der Waals surface area (Å²) in [6.07, 6.45) is 0.425. The number of ether oxygens (including phenoxy) is 1. The Bertz CT molecular complexity index is 596. The predicted molar refractivity (Wildman–Crippen MR) is 72.4 cm³/mol. The van der Waals surface area contributed by atoms with Gasteiger partial charge < -0.3 is 9.84 Å². The highest BCUT2D eigenvalue weighted by Crippen LogP contribution is 2.35. The van der Waals surface area contributed by atoms with Crippen LogP contribution in [0.1, 0.15) is 25.0 Å². The minimum atomic E-state index is -0.601. The first-order chi connectivity index (χ1) is 9.16. The molecular weight excluding hydrogens is 243 g/mol. The molecule has 1 aliphatic heterocycles. The highest BCUT2D eigenvalue weighted by Gasteiger charge is 2.30. The van der Waals surface area contributed by atoms with Crippen LogP contribution < -0.4 is 0 Å². The molecule has 0 bridgehead atoms. The largest absolute Gasteiger partial charge is 0.388 e. The van der Waals surface area contributed by atoms with Gasteiger partial charge in [-0.3, -0.25) is 0 Å². The molecule has 1 heterocycles. The van der Waals surface area contributed by atoms with Gasteiger partial charge in [0.25, 0.3) is 0 Å². The van der Waals surface area contributed by atoms with Crippen LogP contribution in [0.3, 0.4) is 0 Å². The van der Waals surface area contributed by atoms with Crippen molar-refractivity contribution >= 4 is 10.8 Å². The number of fused-ring (bicyclic) bond motifs is 1. The van der Waals surface area contributed by atoms with E-state index in [0.29, 0.717) is 12.0 Å². The van der Waals surface area contributed by atoms with E-state index in [-0.39, 0.29) is 17.8 Å². The third-order valence-electron chi connectivity index (χ3n) is 3.90. The third-order valence-corrected chi connectivity index (χ3v) is 3.90. The first-order valence-corrected chi connectivity index (χ1v) is 6.63. The molecule has 3 heteroatoms. The summed E-state index contributed by atoms with van der Waals surface area (Å²) >= 11 is 0. The van der Waals surface area contributed by atoms with Gasteiger partial charge in [-0.25, -0.2) is 4.39 Å². The van der Waals surface area contributed by atoms with Gasteiger partial charge in [0.1, 0.15) is 5.82 Å². The van der Waals surface area contributed by atoms with E-state index >= 15 is 0 Å². The summed E-state index contributed by atoms with van der Waals surface area (Å²) in [5.41, 5.74) is 0.791. The Balaban J connectivity index is 2.03. The first-order valence-electron chi connectivity index (χ1n) is 6.63. The van der Waals surface area contributed by atoms with E-state index in [2.05, 4.69) is 0 Å². The lowest BCUT2D eigenvalue weighted by Gasteiger charge is -2.19. The van der Waals surface area contributed by atoms with Crippen molar-refractivity contribution in [3.63, 3.8) is 0 Å². The smallest absolute Gasteiger partial charge is 0.131 e. The van der Waals surface area contributed by atoms with Crippen LogP contribution in [0.25, 0.3) is 10.8 Å². The van der Waals surface area contributed by atoms with Crippen LogP contribution in [0.2, 0.25) is 0 Å². The standard InChI is InChI=1S/C16H17FO2/c1-10-8-11(9-19-10)16(18)14-6-7-15(17)13-5-3-2-4-12(13)14/h2-7,10-11,16,18H,8-9H2,1H3. The van der Waals surface area contributed by atoms with E-state index in [9.17, 15) is 9.50 Å². The molecule has 0 saturated carbocycles. The molecule has 0 amide bonds. The Morgan fingerprint density at radius 2 is 1.95 bits per heavy atom. The van der Waals surface area contributed by atoms with Crippen molar-refractivity contribution in [2.45, 2.75) is 25.6 Å². The molecule has 2 aromatic rings. The van der Waals surface area contributed by atoms with Crippen LogP contribution in [-0.4, -0.2) is 17.8 Å². The van der Waals surface area contributed by atoms with Gasteiger partial charge in [0, 0.05) is 11.3 Å². The highest BCUT2D eigenvalue weighted by atomic mass is 19.1. The molecule has 0 aromatic heterocycles. The number of aliphatic hydroxyl groups excluding tert-OH is 1. The zero-order valence-electron chi connectivity index (χ0n) is 10.8. The lowest BCUT2D eigenvalue weighted by molar-refractivity contribution is 0.0811. The lowest BCUT2D eigenvalue weighted by Crippen LogP contribution is -2.13. The molecule has 100 valence electrons. The molecule has 3 unspecified atom stereocenters. The maximum absolute atomic E-state index is 13.8. The summed E-state index contributed by atoms with van der Waals surface area (Å²) in [7, 11) is 0. The second-order valence-corrected chi connectivity index (χ2v) is 5.27. The topological polar surface area (TPSA) is 29.5 Å². The van der Waals surface area contributed by atoms with Crippen molar-refractivity contribution in [3.05, 3.63) is 47.8 Å². The SMILES string of the molecule is CC1CC(C(O)c2ccc(F)c3ccccc23)CO1. The zero-order valence-corrected chi connectivity index (χ0v) is 10.8. The average Bonchev–Trinajstić information content (AvgIpc) is 2.86. The van der Waals surface area contributed by atoms with Crippen LogP contribution in [0.4, 0.5) is 4.39 Å². The molecule has 1 saturated heterocycles. The fraction of sp³-hybridized carbons (Fsp3) is 0.375. The minimum Gasteiger partial charge on any atom is -0.388 e. The fourth-order valence-corrected chi connectivity index (χ4v) is 2.87. The Labute approximate surface area is 111 Å². The van der Waals surface area contributed by atoms with Gasteiger partial charge in [0.05, 0.1) is 18.8 Å². The quantitative estimate of drug-likeness (QED) is 0.896. The molecule has 19 heavy (non-hydrogen) atoms. The van der Waals surface area contributed by atoms with Crippen LogP contribution in [-0.2, 0) is 4.74 Å². The fourth-order valence-electron chi connectivity index (χ4n) is 2.87. The van der Waals surface area contributed by atoms with E-state index in [1.807, 2.05) is 25.1 Å². The number of aliphatic hydroxyl groups is 1. The Morgan fingerprint density at radius 1 is 1.21 bits per heavy atom. The van der Waals surface area contributed by atoms with Crippen LogP contribution in [0.5, 0.6) is 0 Å². The van der Waals surface area contributed by atoms with Crippen molar-refractivity contribution in [3.8, 4) is 0 Å². The van der Waals surface area contributed by atoms with Gasteiger partial charge in [-0.15, -0.1) is 0 Å². The van der Waals surface area contributed by atoms with Crippen LogP contribution in [0.15, 0.2) is 36.4 Å². The van der Waals surface area contributed by atoms with Gasteiger partial charge >= 0.3 is 0 Å². The maximum atomic E-state index is 13.8. The van der Waals surface area contributed by atoms with Crippen molar-refractivity contribution in [1.29, 1.82) is 0 Å². The van der Waals surface area contributed by atoms with Gasteiger partial charge in [0.2, 0.25) is 0 Å². The molecule has 0 radical (unpaired) electrons. The monoisotopic (exact) mass is 260 g/mol. The number of benzene rings is 2. The first kappa shape index (κ1) is 12.6. The summed E-state index contributed by atoms with van der Waals surface area (Å²) in [6, 6.07) is 10.4. The van der Waals surface area contributed by atoms with Gasteiger partial charge in [0.15, 0.2) is 0 Å². The Kier molecular flexibility index (Phi) is 3.25. The molecule has 0 spiro atoms. The average molecular weight is 260 g/mol. The molecule has 3 rings (SSSR count). The van der Waals surface area contributed by atoms with Crippen molar-refractivity contribution in [2.24, 2.45) is 5.92 Å². The van der Waals surface area contributed by atoms with Gasteiger partial charge in [-0.1, -0.05) is 30.3 Å². The molecule has 1 aliphatic rings. The summed E-state index contributed by atoms with van der Waals surface area (Å²) < 4.78 is 19.3. The van der Waals surface area contributed by atoms with E-state index in [1.165, 1.54) is 6.07 Å². The molecule has 3 atom stereocenters. The maximum Gasteiger partial charge on any atom is 0.131 e. The van der Waals surface area contributed by atoms with E-state index in [0.717, 1.165) is 17.4 Å². The zero-order chi connectivity index (χ0) is 13.4. The second kappa shape index (κ2) is 4.91. The molecule has 0 aliphatic carbocycles. The molecular formula is C16H17FO2. The summed E-state index contributed by atoms with van der Waals surface area (Å²) in [5.74, 6) is -0.161. The van der Waals surface area contributed by atoms with E-state index in [1.54, 1.807) is 12.1 Å². The van der Waals surface area contributed by atoms with E-state index in [4.69, 9.17) is 4.74 Å². The Hall–Kier alpha value is -1.45. The molecule has 1 N–H and O–H groups in total.